The first-order valence-corrected chi connectivity index (χ1v) is 6.77. The summed E-state index contributed by atoms with van der Waals surface area (Å²) < 4.78 is 4.79. The van der Waals surface area contributed by atoms with E-state index in [0.29, 0.717) is 5.57 Å². The second kappa shape index (κ2) is 6.75. The molecule has 0 aliphatic rings. The van der Waals surface area contributed by atoms with Gasteiger partial charge >= 0.3 is 5.97 Å². The van der Waals surface area contributed by atoms with E-state index in [-0.39, 0.29) is 6.04 Å². The van der Waals surface area contributed by atoms with Crippen LogP contribution in [0, 0.1) is 6.92 Å². The highest BCUT2D eigenvalue weighted by molar-refractivity contribution is 5.90. The van der Waals surface area contributed by atoms with Crippen molar-refractivity contribution in [1.82, 2.24) is 0 Å². The van der Waals surface area contributed by atoms with Crippen LogP contribution in [-0.4, -0.2) is 13.1 Å². The van der Waals surface area contributed by atoms with Gasteiger partial charge in [-0.3, -0.25) is 0 Å². The van der Waals surface area contributed by atoms with Crippen LogP contribution in [0.4, 0.5) is 5.69 Å². The van der Waals surface area contributed by atoms with Gasteiger partial charge in [-0.15, -0.1) is 0 Å². The molecule has 1 atom stereocenters. The van der Waals surface area contributed by atoms with Crippen molar-refractivity contribution >= 4 is 11.7 Å². The highest BCUT2D eigenvalue weighted by Crippen LogP contribution is 2.26. The third-order valence-electron chi connectivity index (χ3n) is 3.29. The number of benzene rings is 2. The summed E-state index contributed by atoms with van der Waals surface area (Å²) in [7, 11) is 1.36. The van der Waals surface area contributed by atoms with Crippen molar-refractivity contribution in [3.8, 4) is 0 Å². The van der Waals surface area contributed by atoms with Crippen LogP contribution in [0.1, 0.15) is 17.2 Å². The number of carbonyl (C=O) groups excluding carboxylic acids is 1. The maximum Gasteiger partial charge on any atom is 0.335 e. The molecule has 2 aromatic carbocycles. The Labute approximate surface area is 125 Å². The van der Waals surface area contributed by atoms with Gasteiger partial charge in [-0.25, -0.2) is 4.79 Å². The summed E-state index contributed by atoms with van der Waals surface area (Å²) in [6.07, 6.45) is 0. The predicted octanol–water partition coefficient (Wildman–Crippen LogP) is 3.88. The van der Waals surface area contributed by atoms with E-state index in [1.165, 1.54) is 12.7 Å². The molecular weight excluding hydrogens is 262 g/mol. The van der Waals surface area contributed by atoms with Crippen molar-refractivity contribution in [3.05, 3.63) is 77.9 Å². The zero-order valence-corrected chi connectivity index (χ0v) is 12.3. The van der Waals surface area contributed by atoms with Crippen LogP contribution in [-0.2, 0) is 9.53 Å². The van der Waals surface area contributed by atoms with Gasteiger partial charge in [0.1, 0.15) is 0 Å². The Morgan fingerprint density at radius 1 is 1.10 bits per heavy atom. The number of carbonyl (C=O) groups is 1. The molecule has 3 nitrogen and oxygen atoms in total. The van der Waals surface area contributed by atoms with Crippen LogP contribution in [0.25, 0.3) is 0 Å². The number of nitrogens with one attached hydrogen (secondary N) is 1. The molecule has 0 saturated carbocycles. The standard InChI is InChI=1S/C18H19NO2/c1-13-9-11-16(12-10-13)19-17(14(2)18(20)21-3)15-7-5-4-6-8-15/h4-12,17,19H,2H2,1,3H3. The third kappa shape index (κ3) is 3.72. The predicted molar refractivity (Wildman–Crippen MR) is 85.1 cm³/mol. The van der Waals surface area contributed by atoms with Gasteiger partial charge in [0.05, 0.1) is 18.7 Å². The molecule has 0 aliphatic heterocycles. The number of methoxy groups -OCH3 is 1. The Morgan fingerprint density at radius 2 is 1.71 bits per heavy atom. The molecular formula is C18H19NO2. The molecule has 2 aromatic rings. The lowest BCUT2D eigenvalue weighted by Gasteiger charge is -2.21. The van der Waals surface area contributed by atoms with Crippen molar-refractivity contribution in [3.63, 3.8) is 0 Å². The normalized spacial score (nSPS) is 11.5. The van der Waals surface area contributed by atoms with E-state index in [4.69, 9.17) is 4.74 Å². The smallest absolute Gasteiger partial charge is 0.335 e. The first-order valence-electron chi connectivity index (χ1n) is 6.77. The quantitative estimate of drug-likeness (QED) is 0.667. The number of ether oxygens (including phenoxy) is 1. The topological polar surface area (TPSA) is 38.3 Å². The third-order valence-corrected chi connectivity index (χ3v) is 3.29. The second-order valence-corrected chi connectivity index (χ2v) is 4.87. The second-order valence-electron chi connectivity index (χ2n) is 4.87. The number of hydrogen-bond acceptors (Lipinski definition) is 3. The molecule has 0 fully saturated rings. The lowest BCUT2D eigenvalue weighted by Crippen LogP contribution is -2.19. The molecule has 0 radical (unpaired) electrons. The summed E-state index contributed by atoms with van der Waals surface area (Å²) >= 11 is 0. The molecule has 2 rings (SSSR count). The number of rotatable bonds is 5. The minimum atomic E-state index is -0.413. The first-order chi connectivity index (χ1) is 10.1. The molecule has 1 N–H and O–H groups in total. The lowest BCUT2D eigenvalue weighted by molar-refractivity contribution is -0.136. The van der Waals surface area contributed by atoms with Crippen molar-refractivity contribution < 1.29 is 9.53 Å². The fourth-order valence-corrected chi connectivity index (χ4v) is 2.08. The largest absolute Gasteiger partial charge is 0.466 e. The molecule has 0 spiro atoms. The average Bonchev–Trinajstić information content (AvgIpc) is 2.53. The van der Waals surface area contributed by atoms with Crippen LogP contribution in [0.5, 0.6) is 0 Å². The lowest BCUT2D eigenvalue weighted by atomic mass is 9.99. The van der Waals surface area contributed by atoms with Gasteiger partial charge in [-0.05, 0) is 24.6 Å². The van der Waals surface area contributed by atoms with E-state index < -0.39 is 5.97 Å². The van der Waals surface area contributed by atoms with Gasteiger partial charge in [-0.1, -0.05) is 54.6 Å². The fraction of sp³-hybridized carbons (Fsp3) is 0.167. The highest BCUT2D eigenvalue weighted by atomic mass is 16.5. The molecule has 1 unspecified atom stereocenters. The van der Waals surface area contributed by atoms with Crippen LogP contribution >= 0.6 is 0 Å². The minimum absolute atomic E-state index is 0.318. The van der Waals surface area contributed by atoms with Crippen molar-refractivity contribution in [2.75, 3.05) is 12.4 Å². The average molecular weight is 281 g/mol. The van der Waals surface area contributed by atoms with E-state index in [1.54, 1.807) is 0 Å². The molecule has 21 heavy (non-hydrogen) atoms. The maximum absolute atomic E-state index is 11.8. The number of hydrogen-bond donors (Lipinski definition) is 1. The first kappa shape index (κ1) is 14.9. The molecule has 0 amide bonds. The monoisotopic (exact) mass is 281 g/mol. The Bertz CT molecular complexity index is 617. The molecule has 108 valence electrons. The van der Waals surface area contributed by atoms with Crippen molar-refractivity contribution in [2.45, 2.75) is 13.0 Å². The van der Waals surface area contributed by atoms with Gasteiger partial charge < -0.3 is 10.1 Å². The summed E-state index contributed by atoms with van der Waals surface area (Å²) in [5.41, 5.74) is 3.46. The van der Waals surface area contributed by atoms with E-state index in [1.807, 2.05) is 61.5 Å². The van der Waals surface area contributed by atoms with Gasteiger partial charge in [0.2, 0.25) is 0 Å². The summed E-state index contributed by atoms with van der Waals surface area (Å²) in [6, 6.07) is 17.4. The van der Waals surface area contributed by atoms with Gasteiger partial charge in [0.15, 0.2) is 0 Å². The molecule has 0 heterocycles. The molecule has 0 aromatic heterocycles. The van der Waals surface area contributed by atoms with E-state index in [2.05, 4.69) is 11.9 Å². The Kier molecular flexibility index (Phi) is 4.77. The SMILES string of the molecule is C=C(C(=O)OC)C(Nc1ccc(C)cc1)c1ccccc1. The Balaban J connectivity index is 2.30. The van der Waals surface area contributed by atoms with Crippen molar-refractivity contribution in [1.29, 1.82) is 0 Å². The highest BCUT2D eigenvalue weighted by Gasteiger charge is 2.21. The van der Waals surface area contributed by atoms with Gasteiger partial charge in [0, 0.05) is 5.69 Å². The van der Waals surface area contributed by atoms with Gasteiger partial charge in [0.25, 0.3) is 0 Å². The minimum Gasteiger partial charge on any atom is -0.466 e. The molecule has 0 aliphatic carbocycles. The van der Waals surface area contributed by atoms with E-state index in [9.17, 15) is 4.79 Å². The van der Waals surface area contributed by atoms with E-state index in [0.717, 1.165) is 11.3 Å². The summed E-state index contributed by atoms with van der Waals surface area (Å²) in [6.45, 7) is 5.91. The number of aryl methyl sites for hydroxylation is 1. The summed E-state index contributed by atoms with van der Waals surface area (Å²) in [5, 5.41) is 3.34. The summed E-state index contributed by atoms with van der Waals surface area (Å²) in [4.78, 5) is 11.8. The van der Waals surface area contributed by atoms with Crippen LogP contribution < -0.4 is 5.32 Å². The van der Waals surface area contributed by atoms with Crippen LogP contribution in [0.15, 0.2) is 66.7 Å². The maximum atomic E-state index is 11.8. The number of esters is 1. The number of anilines is 1. The summed E-state index contributed by atoms with van der Waals surface area (Å²) in [5.74, 6) is -0.413. The Morgan fingerprint density at radius 3 is 2.29 bits per heavy atom. The molecule has 0 bridgehead atoms. The van der Waals surface area contributed by atoms with Crippen LogP contribution in [0.3, 0.4) is 0 Å². The zero-order valence-electron chi connectivity index (χ0n) is 12.3. The molecule has 3 heteroatoms. The van der Waals surface area contributed by atoms with Gasteiger partial charge in [-0.2, -0.15) is 0 Å². The molecule has 0 saturated heterocycles. The Hall–Kier alpha value is -2.55. The van der Waals surface area contributed by atoms with E-state index >= 15 is 0 Å². The fourth-order valence-electron chi connectivity index (χ4n) is 2.08. The van der Waals surface area contributed by atoms with Crippen molar-refractivity contribution in [2.24, 2.45) is 0 Å². The zero-order chi connectivity index (χ0) is 15.2. The van der Waals surface area contributed by atoms with Crippen LogP contribution in [0.2, 0.25) is 0 Å².